The van der Waals surface area contributed by atoms with E-state index >= 15 is 0 Å². The molecule has 0 N–H and O–H groups in total. The predicted octanol–water partition coefficient (Wildman–Crippen LogP) is 4.86. The average Bonchev–Trinajstić information content (AvgIpc) is 3.46. The lowest BCUT2D eigenvalue weighted by Gasteiger charge is -2.28. The second-order valence-corrected chi connectivity index (χ2v) is 8.72. The van der Waals surface area contributed by atoms with Crippen LogP contribution in [0.4, 0.5) is 0 Å². The molecule has 0 aliphatic carbocycles. The van der Waals surface area contributed by atoms with Gasteiger partial charge in [0.25, 0.3) is 5.89 Å². The number of benzene rings is 2. The molecule has 1 aliphatic heterocycles. The van der Waals surface area contributed by atoms with Gasteiger partial charge in [0.15, 0.2) is 0 Å². The molecule has 0 atom stereocenters. The van der Waals surface area contributed by atoms with E-state index in [4.69, 9.17) is 14.2 Å². The summed E-state index contributed by atoms with van der Waals surface area (Å²) in [4.78, 5) is 18.7. The third kappa shape index (κ3) is 4.16. The maximum absolute atomic E-state index is 11.9. The van der Waals surface area contributed by atoms with Crippen LogP contribution >= 0.6 is 0 Å². The number of nitrogens with zero attached hydrogens (tertiary/aromatic N) is 4. The number of aromatic nitrogens is 3. The first-order valence-electron chi connectivity index (χ1n) is 11.5. The second kappa shape index (κ2) is 8.83. The van der Waals surface area contributed by atoms with E-state index in [1.807, 2.05) is 25.1 Å². The zero-order chi connectivity index (χ0) is 22.9. The molecule has 0 unspecified atom stereocenters. The molecule has 2 aromatic heterocycles. The summed E-state index contributed by atoms with van der Waals surface area (Å²) in [6, 6.07) is 14.9. The highest BCUT2D eigenvalue weighted by Gasteiger charge is 2.23. The van der Waals surface area contributed by atoms with Gasteiger partial charge in [-0.25, -0.2) is 0 Å². The van der Waals surface area contributed by atoms with Crippen LogP contribution in [0.15, 0.2) is 53.2 Å². The van der Waals surface area contributed by atoms with E-state index in [2.05, 4.69) is 58.9 Å². The first-order chi connectivity index (χ1) is 16.0. The van der Waals surface area contributed by atoms with Gasteiger partial charge in [-0.1, -0.05) is 23.4 Å². The van der Waals surface area contributed by atoms with Gasteiger partial charge in [0, 0.05) is 47.4 Å². The van der Waals surface area contributed by atoms with Crippen LogP contribution in [0.5, 0.6) is 0 Å². The summed E-state index contributed by atoms with van der Waals surface area (Å²) in [7, 11) is 0. The number of ether oxygens (including phenoxy) is 1. The normalized spacial score (nSPS) is 14.1. The minimum atomic E-state index is -0.180. The minimum Gasteiger partial charge on any atom is -0.465 e. The van der Waals surface area contributed by atoms with E-state index < -0.39 is 0 Å². The van der Waals surface area contributed by atoms with Crippen molar-refractivity contribution in [1.29, 1.82) is 0 Å². The van der Waals surface area contributed by atoms with Crippen LogP contribution in [-0.4, -0.2) is 45.3 Å². The number of hydrogen-bond donors (Lipinski definition) is 0. The Balaban J connectivity index is 1.40. The van der Waals surface area contributed by atoms with E-state index in [1.54, 1.807) is 0 Å². The van der Waals surface area contributed by atoms with Gasteiger partial charge in [0.05, 0.1) is 13.2 Å². The summed E-state index contributed by atoms with van der Waals surface area (Å²) in [6.45, 7) is 8.39. The Morgan fingerprint density at radius 1 is 1.21 bits per heavy atom. The van der Waals surface area contributed by atoms with E-state index in [0.717, 1.165) is 29.5 Å². The van der Waals surface area contributed by atoms with Gasteiger partial charge in [-0.15, -0.1) is 0 Å². The van der Waals surface area contributed by atoms with Crippen LogP contribution in [0.25, 0.3) is 33.7 Å². The maximum atomic E-state index is 11.9. The summed E-state index contributed by atoms with van der Waals surface area (Å²) in [5.74, 6) is 0.933. The van der Waals surface area contributed by atoms with Crippen LogP contribution in [0, 0.1) is 0 Å². The fraction of sp³-hybridized carbons (Fsp3) is 0.346. The molecular weight excluding hydrogens is 416 g/mol. The molecule has 0 spiro atoms. The summed E-state index contributed by atoms with van der Waals surface area (Å²) in [5, 5.41) is 5.45. The van der Waals surface area contributed by atoms with Crippen LogP contribution in [-0.2, 0) is 22.5 Å². The summed E-state index contributed by atoms with van der Waals surface area (Å²) >= 11 is 0. The van der Waals surface area contributed by atoms with E-state index in [9.17, 15) is 4.79 Å². The smallest absolute Gasteiger partial charge is 0.320 e. The van der Waals surface area contributed by atoms with Crippen LogP contribution in [0.1, 0.15) is 37.9 Å². The Morgan fingerprint density at radius 2 is 2.09 bits per heavy atom. The van der Waals surface area contributed by atoms with Gasteiger partial charge in [-0.2, -0.15) is 4.98 Å². The van der Waals surface area contributed by atoms with Crippen molar-refractivity contribution in [2.45, 2.75) is 39.8 Å². The molecule has 170 valence electrons. The highest BCUT2D eigenvalue weighted by Crippen LogP contribution is 2.31. The Kier molecular flexibility index (Phi) is 5.72. The van der Waals surface area contributed by atoms with Crippen molar-refractivity contribution in [2.24, 2.45) is 0 Å². The number of carbonyl (C=O) groups excluding carboxylic acids is 1. The monoisotopic (exact) mass is 444 g/mol. The van der Waals surface area contributed by atoms with Crippen molar-refractivity contribution < 1.29 is 14.1 Å². The van der Waals surface area contributed by atoms with E-state index in [0.29, 0.717) is 37.5 Å². The van der Waals surface area contributed by atoms with Crippen molar-refractivity contribution in [2.75, 3.05) is 19.7 Å². The highest BCUT2D eigenvalue weighted by molar-refractivity contribution is 5.84. The van der Waals surface area contributed by atoms with E-state index in [-0.39, 0.29) is 5.97 Å². The lowest BCUT2D eigenvalue weighted by atomic mass is 9.94. The highest BCUT2D eigenvalue weighted by atomic mass is 16.5. The molecule has 3 heterocycles. The lowest BCUT2D eigenvalue weighted by Crippen LogP contribution is -2.35. The number of hydrogen-bond acceptors (Lipinski definition) is 6. The molecule has 0 radical (unpaired) electrons. The molecule has 4 aromatic rings. The third-order valence-electron chi connectivity index (χ3n) is 6.19. The first-order valence-corrected chi connectivity index (χ1v) is 11.5. The van der Waals surface area contributed by atoms with Gasteiger partial charge >= 0.3 is 5.97 Å². The zero-order valence-electron chi connectivity index (χ0n) is 19.2. The largest absolute Gasteiger partial charge is 0.465 e. The van der Waals surface area contributed by atoms with Crippen molar-refractivity contribution in [3.63, 3.8) is 0 Å². The molecule has 0 fully saturated rings. The molecule has 7 heteroatoms. The Bertz CT molecular complexity index is 1300. The first kappa shape index (κ1) is 21.4. The number of rotatable bonds is 6. The number of fused-ring (bicyclic) bond motifs is 2. The van der Waals surface area contributed by atoms with Crippen LogP contribution in [0.2, 0.25) is 0 Å². The third-order valence-corrected chi connectivity index (χ3v) is 6.19. The fourth-order valence-corrected chi connectivity index (χ4v) is 4.60. The van der Waals surface area contributed by atoms with Crippen LogP contribution < -0.4 is 0 Å². The second-order valence-electron chi connectivity index (χ2n) is 8.72. The van der Waals surface area contributed by atoms with Gasteiger partial charge in [0.1, 0.15) is 0 Å². The molecule has 33 heavy (non-hydrogen) atoms. The SMILES string of the molecule is CCOC(=O)CN1CCc2c(cccc2-c2noc(-c3ccc4c(ccn4C(C)C)c3)n2)C1. The topological polar surface area (TPSA) is 73.4 Å². The average molecular weight is 445 g/mol. The van der Waals surface area contributed by atoms with Crippen molar-refractivity contribution in [1.82, 2.24) is 19.6 Å². The Morgan fingerprint density at radius 3 is 2.91 bits per heavy atom. The Labute approximate surface area is 193 Å². The van der Waals surface area contributed by atoms with Crippen molar-refractivity contribution in [3.05, 3.63) is 59.8 Å². The minimum absolute atomic E-state index is 0.180. The molecular formula is C26H28N4O3. The van der Waals surface area contributed by atoms with Gasteiger partial charge < -0.3 is 13.8 Å². The van der Waals surface area contributed by atoms with Gasteiger partial charge in [-0.3, -0.25) is 9.69 Å². The van der Waals surface area contributed by atoms with Gasteiger partial charge in [-0.05, 0) is 62.6 Å². The van der Waals surface area contributed by atoms with Gasteiger partial charge in [0.2, 0.25) is 5.82 Å². The summed E-state index contributed by atoms with van der Waals surface area (Å²) < 4.78 is 13.0. The lowest BCUT2D eigenvalue weighted by molar-refractivity contribution is -0.144. The summed E-state index contributed by atoms with van der Waals surface area (Å²) in [6.07, 6.45) is 2.93. The molecule has 7 nitrogen and oxygen atoms in total. The quantitative estimate of drug-likeness (QED) is 0.396. The fourth-order valence-electron chi connectivity index (χ4n) is 4.60. The molecule has 2 aromatic carbocycles. The molecule has 0 bridgehead atoms. The van der Waals surface area contributed by atoms with Crippen molar-refractivity contribution in [3.8, 4) is 22.8 Å². The molecule has 0 saturated heterocycles. The number of esters is 1. The molecule has 0 saturated carbocycles. The predicted molar refractivity (Wildman–Crippen MR) is 127 cm³/mol. The number of carbonyl (C=O) groups is 1. The summed E-state index contributed by atoms with van der Waals surface area (Å²) in [5.41, 5.74) is 5.50. The van der Waals surface area contributed by atoms with E-state index in [1.165, 1.54) is 16.6 Å². The van der Waals surface area contributed by atoms with Crippen LogP contribution in [0.3, 0.4) is 0 Å². The maximum Gasteiger partial charge on any atom is 0.320 e. The molecule has 0 amide bonds. The van der Waals surface area contributed by atoms with Crippen molar-refractivity contribution >= 4 is 16.9 Å². The molecule has 1 aliphatic rings. The molecule has 5 rings (SSSR count). The zero-order valence-corrected chi connectivity index (χ0v) is 19.2. The Hall–Kier alpha value is -3.45. The standard InChI is InChI=1S/C26H28N4O3/c1-4-32-24(31)16-29-12-11-21-20(15-29)6-5-7-22(21)25-27-26(33-28-25)19-8-9-23-18(14-19)10-13-30(23)17(2)3/h5-10,13-14,17H,4,11-12,15-16H2,1-3H3.